The van der Waals surface area contributed by atoms with E-state index in [0.29, 0.717) is 21.2 Å². The molecule has 2 rings (SSSR count). The number of halogens is 2. The fraction of sp³-hybridized carbons (Fsp3) is 0.158. The molecule has 0 saturated carbocycles. The van der Waals surface area contributed by atoms with Crippen molar-refractivity contribution in [3.8, 4) is 0 Å². The molecule has 0 aromatic heterocycles. The van der Waals surface area contributed by atoms with Crippen molar-refractivity contribution in [3.63, 3.8) is 0 Å². The molecule has 0 spiro atoms. The molecule has 2 aromatic rings. The highest BCUT2D eigenvalue weighted by atomic mass is 35.5. The third-order valence-corrected chi connectivity index (χ3v) is 4.10. The molecule has 0 aliphatic heterocycles. The lowest BCUT2D eigenvalue weighted by Crippen LogP contribution is -2.12. The summed E-state index contributed by atoms with van der Waals surface area (Å²) >= 11 is 11.8. The molecule has 0 heterocycles. The molecule has 2 aromatic carbocycles. The highest BCUT2D eigenvalue weighted by Gasteiger charge is 2.09. The summed E-state index contributed by atoms with van der Waals surface area (Å²) in [7, 11) is 0. The van der Waals surface area contributed by atoms with Crippen molar-refractivity contribution in [1.82, 2.24) is 0 Å². The Kier molecular flexibility index (Phi) is 6.18. The van der Waals surface area contributed by atoms with E-state index in [2.05, 4.69) is 0 Å². The van der Waals surface area contributed by atoms with Crippen molar-refractivity contribution in [1.29, 1.82) is 0 Å². The molecule has 5 heteroatoms. The Balaban J connectivity index is 1.93. The van der Waals surface area contributed by atoms with Gasteiger partial charge in [-0.05, 0) is 54.8 Å². The van der Waals surface area contributed by atoms with Gasteiger partial charge in [0.25, 0.3) is 0 Å². The molecule has 124 valence electrons. The van der Waals surface area contributed by atoms with E-state index in [4.69, 9.17) is 27.9 Å². The van der Waals surface area contributed by atoms with Gasteiger partial charge in [0.15, 0.2) is 12.4 Å². The molecule has 3 nitrogen and oxygen atoms in total. The Morgan fingerprint density at radius 3 is 2.46 bits per heavy atom. The predicted molar refractivity (Wildman–Crippen MR) is 96.7 cm³/mol. The van der Waals surface area contributed by atoms with Crippen LogP contribution in [0.25, 0.3) is 6.08 Å². The second-order valence-corrected chi connectivity index (χ2v) is 6.17. The number of aryl methyl sites for hydroxylation is 2. The van der Waals surface area contributed by atoms with Crippen LogP contribution < -0.4 is 0 Å². The van der Waals surface area contributed by atoms with E-state index in [9.17, 15) is 9.59 Å². The Labute approximate surface area is 150 Å². The number of carbonyl (C=O) groups excluding carboxylic acids is 2. The summed E-state index contributed by atoms with van der Waals surface area (Å²) in [6, 6.07) is 10.3. The first-order valence-electron chi connectivity index (χ1n) is 7.27. The molecule has 0 N–H and O–H groups in total. The van der Waals surface area contributed by atoms with Crippen LogP contribution in [0.1, 0.15) is 27.0 Å². The number of rotatable bonds is 5. The standard InChI is InChI=1S/C19H16Cl2O3/c1-12-3-4-15(9-13(12)2)18(22)11-24-19(23)8-6-14-5-7-16(20)10-17(14)21/h3-10H,11H2,1-2H3. The number of esters is 1. The van der Waals surface area contributed by atoms with Crippen LogP contribution in [0.5, 0.6) is 0 Å². The highest BCUT2D eigenvalue weighted by molar-refractivity contribution is 6.35. The number of ketones is 1. The minimum atomic E-state index is -0.613. The number of carbonyl (C=O) groups is 2. The summed E-state index contributed by atoms with van der Waals surface area (Å²) in [5.41, 5.74) is 3.28. The number of hydrogen-bond donors (Lipinski definition) is 0. The monoisotopic (exact) mass is 362 g/mol. The van der Waals surface area contributed by atoms with Gasteiger partial charge in [-0.15, -0.1) is 0 Å². The fourth-order valence-electron chi connectivity index (χ4n) is 1.98. The summed E-state index contributed by atoms with van der Waals surface area (Å²) in [5.74, 6) is -0.859. The molecular weight excluding hydrogens is 347 g/mol. The zero-order valence-corrected chi connectivity index (χ0v) is 14.8. The molecule has 0 radical (unpaired) electrons. The number of ether oxygens (including phenoxy) is 1. The van der Waals surface area contributed by atoms with Gasteiger partial charge in [-0.25, -0.2) is 4.79 Å². The average Bonchev–Trinajstić information content (AvgIpc) is 2.54. The minimum absolute atomic E-state index is 0.246. The van der Waals surface area contributed by atoms with E-state index >= 15 is 0 Å². The summed E-state index contributed by atoms with van der Waals surface area (Å²) in [6.07, 6.45) is 2.74. The van der Waals surface area contributed by atoms with Crippen LogP contribution >= 0.6 is 23.2 Å². The zero-order chi connectivity index (χ0) is 17.7. The van der Waals surface area contributed by atoms with Crippen molar-refractivity contribution >= 4 is 41.0 Å². The Hall–Kier alpha value is -2.10. The van der Waals surface area contributed by atoms with Crippen LogP contribution in [0.15, 0.2) is 42.5 Å². The van der Waals surface area contributed by atoms with Crippen LogP contribution in [0.4, 0.5) is 0 Å². The predicted octanol–water partition coefficient (Wildman–Crippen LogP) is 5.05. The molecular formula is C19H16Cl2O3. The van der Waals surface area contributed by atoms with Crippen LogP contribution in [0, 0.1) is 13.8 Å². The summed E-state index contributed by atoms with van der Waals surface area (Å²) in [4.78, 5) is 23.8. The summed E-state index contributed by atoms with van der Waals surface area (Å²) in [5, 5.41) is 0.941. The van der Waals surface area contributed by atoms with Gasteiger partial charge in [-0.1, -0.05) is 41.4 Å². The molecule has 0 unspecified atom stereocenters. The lowest BCUT2D eigenvalue weighted by molar-refractivity contribution is -0.136. The van der Waals surface area contributed by atoms with Gasteiger partial charge in [0.05, 0.1) is 0 Å². The lowest BCUT2D eigenvalue weighted by atomic mass is 10.0. The maximum Gasteiger partial charge on any atom is 0.331 e. The molecule has 0 aliphatic rings. The van der Waals surface area contributed by atoms with Crippen LogP contribution in [-0.2, 0) is 9.53 Å². The first kappa shape index (κ1) is 18.2. The van der Waals surface area contributed by atoms with Gasteiger partial charge in [-0.3, -0.25) is 4.79 Å². The van der Waals surface area contributed by atoms with Crippen molar-refractivity contribution in [2.45, 2.75) is 13.8 Å². The van der Waals surface area contributed by atoms with E-state index in [-0.39, 0.29) is 12.4 Å². The van der Waals surface area contributed by atoms with Gasteiger partial charge in [0.2, 0.25) is 0 Å². The molecule has 0 aliphatic carbocycles. The maximum absolute atomic E-state index is 12.0. The molecule has 0 bridgehead atoms. The largest absolute Gasteiger partial charge is 0.454 e. The Bertz CT molecular complexity index is 810. The quantitative estimate of drug-likeness (QED) is 0.424. The summed E-state index contributed by atoms with van der Waals surface area (Å²) < 4.78 is 4.97. The van der Waals surface area contributed by atoms with Gasteiger partial charge in [0.1, 0.15) is 0 Å². The maximum atomic E-state index is 12.0. The average molecular weight is 363 g/mol. The fourth-order valence-corrected chi connectivity index (χ4v) is 2.45. The first-order valence-corrected chi connectivity index (χ1v) is 8.03. The lowest BCUT2D eigenvalue weighted by Gasteiger charge is -2.05. The molecule has 0 fully saturated rings. The Morgan fingerprint density at radius 2 is 1.79 bits per heavy atom. The number of hydrogen-bond acceptors (Lipinski definition) is 3. The second kappa shape index (κ2) is 8.13. The van der Waals surface area contributed by atoms with Crippen LogP contribution in [0.2, 0.25) is 10.0 Å². The van der Waals surface area contributed by atoms with Crippen LogP contribution in [-0.4, -0.2) is 18.4 Å². The Morgan fingerprint density at radius 1 is 1.04 bits per heavy atom. The molecule has 0 atom stereocenters. The second-order valence-electron chi connectivity index (χ2n) is 5.33. The van der Waals surface area contributed by atoms with Crippen molar-refractivity contribution in [2.75, 3.05) is 6.61 Å². The number of benzene rings is 2. The molecule has 0 saturated heterocycles. The molecule has 24 heavy (non-hydrogen) atoms. The van der Waals surface area contributed by atoms with E-state index in [1.807, 2.05) is 19.9 Å². The number of Topliss-reactive ketones (excluding diaryl/α,β-unsaturated/α-hetero) is 1. The first-order chi connectivity index (χ1) is 11.4. The highest BCUT2D eigenvalue weighted by Crippen LogP contribution is 2.22. The van der Waals surface area contributed by atoms with Gasteiger partial charge in [0, 0.05) is 21.7 Å². The third kappa shape index (κ3) is 4.95. The SMILES string of the molecule is Cc1ccc(C(=O)COC(=O)C=Cc2ccc(Cl)cc2Cl)cc1C. The van der Waals surface area contributed by atoms with E-state index < -0.39 is 5.97 Å². The van der Waals surface area contributed by atoms with Crippen LogP contribution in [0.3, 0.4) is 0 Å². The van der Waals surface area contributed by atoms with E-state index in [1.165, 1.54) is 12.2 Å². The van der Waals surface area contributed by atoms with E-state index in [0.717, 1.165) is 11.1 Å². The smallest absolute Gasteiger partial charge is 0.331 e. The topological polar surface area (TPSA) is 43.4 Å². The summed E-state index contributed by atoms with van der Waals surface area (Å²) in [6.45, 7) is 3.59. The molecule has 0 amide bonds. The van der Waals surface area contributed by atoms with Gasteiger partial charge in [-0.2, -0.15) is 0 Å². The minimum Gasteiger partial charge on any atom is -0.454 e. The van der Waals surface area contributed by atoms with Crippen molar-refractivity contribution in [2.24, 2.45) is 0 Å². The van der Waals surface area contributed by atoms with Gasteiger partial charge < -0.3 is 4.74 Å². The van der Waals surface area contributed by atoms with Crippen molar-refractivity contribution in [3.05, 3.63) is 74.8 Å². The third-order valence-electron chi connectivity index (χ3n) is 3.54. The normalized spacial score (nSPS) is 10.8. The van der Waals surface area contributed by atoms with E-state index in [1.54, 1.807) is 30.3 Å². The van der Waals surface area contributed by atoms with Gasteiger partial charge >= 0.3 is 5.97 Å². The zero-order valence-electron chi connectivity index (χ0n) is 13.3. The van der Waals surface area contributed by atoms with Crippen molar-refractivity contribution < 1.29 is 14.3 Å².